The minimum absolute atomic E-state index is 0.0137. The van der Waals surface area contributed by atoms with Crippen molar-refractivity contribution < 1.29 is 14.3 Å². The molecule has 0 aromatic rings. The van der Waals surface area contributed by atoms with Crippen LogP contribution in [0.25, 0.3) is 0 Å². The van der Waals surface area contributed by atoms with Crippen LogP contribution < -0.4 is 5.32 Å². The molecule has 1 N–H and O–H groups in total. The first-order chi connectivity index (χ1) is 6.88. The Labute approximate surface area is 90.7 Å². The van der Waals surface area contributed by atoms with Crippen molar-refractivity contribution in [2.45, 2.75) is 46.4 Å². The zero-order valence-corrected chi connectivity index (χ0v) is 9.79. The number of esters is 1. The number of Topliss-reactive ketones (excluding diaryl/α,β-unsaturated/α-hetero) is 1. The van der Waals surface area contributed by atoms with Gasteiger partial charge in [-0.1, -0.05) is 13.5 Å². The highest BCUT2D eigenvalue weighted by molar-refractivity contribution is 5.87. The molecule has 0 saturated heterocycles. The number of rotatable bonds is 6. The SMILES string of the molecule is C=C(C)C(=O)OC(CC)NC(C)C(C)=O. The van der Waals surface area contributed by atoms with Gasteiger partial charge in [-0.3, -0.25) is 10.1 Å². The van der Waals surface area contributed by atoms with E-state index in [1.807, 2.05) is 6.92 Å². The molecule has 0 aliphatic carbocycles. The van der Waals surface area contributed by atoms with Gasteiger partial charge in [-0.25, -0.2) is 4.79 Å². The van der Waals surface area contributed by atoms with Crippen LogP contribution in [0.15, 0.2) is 12.2 Å². The molecular formula is C11H19NO3. The summed E-state index contributed by atoms with van der Waals surface area (Å²) < 4.78 is 5.08. The molecule has 0 radical (unpaired) electrons. The van der Waals surface area contributed by atoms with Crippen LogP contribution in [0.2, 0.25) is 0 Å². The molecule has 0 amide bonds. The Balaban J connectivity index is 4.20. The van der Waals surface area contributed by atoms with E-state index in [1.54, 1.807) is 13.8 Å². The van der Waals surface area contributed by atoms with Crippen LogP contribution in [-0.2, 0) is 14.3 Å². The molecule has 15 heavy (non-hydrogen) atoms. The predicted molar refractivity (Wildman–Crippen MR) is 58.3 cm³/mol. The van der Waals surface area contributed by atoms with E-state index in [0.717, 1.165) is 0 Å². The fourth-order valence-electron chi connectivity index (χ4n) is 0.861. The number of nitrogens with one attached hydrogen (secondary N) is 1. The lowest BCUT2D eigenvalue weighted by molar-refractivity contribution is -0.147. The van der Waals surface area contributed by atoms with Crippen LogP contribution in [0.1, 0.15) is 34.1 Å². The Morgan fingerprint density at radius 1 is 1.40 bits per heavy atom. The third-order valence-corrected chi connectivity index (χ3v) is 2.01. The summed E-state index contributed by atoms with van der Waals surface area (Å²) in [6, 6.07) is -0.312. The summed E-state index contributed by atoms with van der Waals surface area (Å²) in [4.78, 5) is 22.2. The minimum atomic E-state index is -0.440. The molecule has 0 aliphatic heterocycles. The molecule has 2 unspecified atom stereocenters. The molecule has 2 atom stereocenters. The Hall–Kier alpha value is -1.16. The fourth-order valence-corrected chi connectivity index (χ4v) is 0.861. The lowest BCUT2D eigenvalue weighted by Crippen LogP contribution is -2.42. The number of hydrogen-bond donors (Lipinski definition) is 1. The number of carbonyl (C=O) groups is 2. The first kappa shape index (κ1) is 13.8. The number of hydrogen-bond acceptors (Lipinski definition) is 4. The highest BCUT2D eigenvalue weighted by atomic mass is 16.6. The molecule has 0 spiro atoms. The number of ether oxygens (including phenoxy) is 1. The zero-order chi connectivity index (χ0) is 12.0. The first-order valence-corrected chi connectivity index (χ1v) is 5.01. The van der Waals surface area contributed by atoms with Crippen LogP contribution in [-0.4, -0.2) is 24.0 Å². The van der Waals surface area contributed by atoms with E-state index in [-0.39, 0.29) is 11.8 Å². The predicted octanol–water partition coefficient (Wildman–Crippen LogP) is 1.41. The zero-order valence-electron chi connectivity index (χ0n) is 9.79. The molecule has 0 saturated carbocycles. The average molecular weight is 213 g/mol. The molecule has 0 rings (SSSR count). The van der Waals surface area contributed by atoms with E-state index in [0.29, 0.717) is 12.0 Å². The van der Waals surface area contributed by atoms with Crippen molar-refractivity contribution in [2.24, 2.45) is 0 Å². The first-order valence-electron chi connectivity index (χ1n) is 5.01. The van der Waals surface area contributed by atoms with Gasteiger partial charge >= 0.3 is 5.97 Å². The summed E-state index contributed by atoms with van der Waals surface area (Å²) in [7, 11) is 0. The maximum absolute atomic E-state index is 11.2. The maximum atomic E-state index is 11.2. The number of ketones is 1. The Kier molecular flexibility index (Phi) is 5.86. The lowest BCUT2D eigenvalue weighted by Gasteiger charge is -2.20. The summed E-state index contributed by atoms with van der Waals surface area (Å²) >= 11 is 0. The smallest absolute Gasteiger partial charge is 0.334 e. The third kappa shape index (κ3) is 5.32. The third-order valence-electron chi connectivity index (χ3n) is 2.01. The van der Waals surface area contributed by atoms with Gasteiger partial charge in [0.15, 0.2) is 6.23 Å². The highest BCUT2D eigenvalue weighted by Crippen LogP contribution is 2.01. The average Bonchev–Trinajstić information content (AvgIpc) is 2.15. The summed E-state index contributed by atoms with van der Waals surface area (Å²) in [6.07, 6.45) is 0.171. The van der Waals surface area contributed by atoms with Gasteiger partial charge in [0, 0.05) is 5.57 Å². The van der Waals surface area contributed by atoms with Crippen molar-refractivity contribution >= 4 is 11.8 Å². The van der Waals surface area contributed by atoms with Crippen LogP contribution in [0.5, 0.6) is 0 Å². The lowest BCUT2D eigenvalue weighted by atomic mass is 10.2. The van der Waals surface area contributed by atoms with Crippen LogP contribution >= 0.6 is 0 Å². The second kappa shape index (κ2) is 6.35. The van der Waals surface area contributed by atoms with Gasteiger partial charge in [-0.15, -0.1) is 0 Å². The molecule has 4 nitrogen and oxygen atoms in total. The van der Waals surface area contributed by atoms with Crippen molar-refractivity contribution in [3.05, 3.63) is 12.2 Å². The minimum Gasteiger partial charge on any atom is -0.443 e. The van der Waals surface area contributed by atoms with Gasteiger partial charge in [0.1, 0.15) is 5.78 Å². The van der Waals surface area contributed by atoms with Gasteiger partial charge in [0.2, 0.25) is 0 Å². The van der Waals surface area contributed by atoms with Crippen LogP contribution in [0.4, 0.5) is 0 Å². The monoisotopic (exact) mass is 213 g/mol. The highest BCUT2D eigenvalue weighted by Gasteiger charge is 2.17. The maximum Gasteiger partial charge on any atom is 0.334 e. The Bertz CT molecular complexity index is 261. The van der Waals surface area contributed by atoms with E-state index < -0.39 is 12.2 Å². The fraction of sp³-hybridized carbons (Fsp3) is 0.636. The molecule has 0 heterocycles. The van der Waals surface area contributed by atoms with E-state index >= 15 is 0 Å². The van der Waals surface area contributed by atoms with E-state index in [9.17, 15) is 9.59 Å². The largest absolute Gasteiger partial charge is 0.443 e. The van der Waals surface area contributed by atoms with Gasteiger partial charge in [0.25, 0.3) is 0 Å². The van der Waals surface area contributed by atoms with Crippen molar-refractivity contribution in [1.29, 1.82) is 0 Å². The molecule has 0 aromatic heterocycles. The molecule has 0 fully saturated rings. The van der Waals surface area contributed by atoms with Crippen molar-refractivity contribution in [2.75, 3.05) is 0 Å². The van der Waals surface area contributed by atoms with Crippen LogP contribution in [0, 0.1) is 0 Å². The number of carbonyl (C=O) groups excluding carboxylic acids is 2. The van der Waals surface area contributed by atoms with Gasteiger partial charge in [-0.05, 0) is 27.2 Å². The van der Waals surface area contributed by atoms with Gasteiger partial charge < -0.3 is 4.74 Å². The molecular weight excluding hydrogens is 194 g/mol. The normalized spacial score (nSPS) is 14.1. The summed E-state index contributed by atoms with van der Waals surface area (Å²) in [5.74, 6) is -0.426. The molecule has 4 heteroatoms. The Morgan fingerprint density at radius 2 is 1.93 bits per heavy atom. The second-order valence-electron chi connectivity index (χ2n) is 3.58. The quantitative estimate of drug-likeness (QED) is 0.412. The standard InChI is InChI=1S/C11H19NO3/c1-6-10(12-8(4)9(5)13)15-11(14)7(2)3/h8,10,12H,2,6H2,1,3-5H3. The summed E-state index contributed by atoms with van der Waals surface area (Å²) in [6.45, 7) is 10.2. The van der Waals surface area contributed by atoms with Crippen molar-refractivity contribution in [3.8, 4) is 0 Å². The van der Waals surface area contributed by atoms with E-state index in [4.69, 9.17) is 4.74 Å². The molecule has 0 bridgehead atoms. The van der Waals surface area contributed by atoms with E-state index in [2.05, 4.69) is 11.9 Å². The molecule has 0 aromatic carbocycles. The van der Waals surface area contributed by atoms with Crippen molar-refractivity contribution in [3.63, 3.8) is 0 Å². The molecule has 86 valence electrons. The van der Waals surface area contributed by atoms with Gasteiger partial charge in [-0.2, -0.15) is 0 Å². The summed E-state index contributed by atoms with van der Waals surface area (Å²) in [5, 5.41) is 2.92. The topological polar surface area (TPSA) is 55.4 Å². The second-order valence-corrected chi connectivity index (χ2v) is 3.58. The van der Waals surface area contributed by atoms with Crippen molar-refractivity contribution in [1.82, 2.24) is 5.32 Å². The Morgan fingerprint density at radius 3 is 2.27 bits per heavy atom. The molecule has 0 aliphatic rings. The summed E-state index contributed by atoms with van der Waals surface area (Å²) in [5.41, 5.74) is 0.353. The van der Waals surface area contributed by atoms with Crippen LogP contribution in [0.3, 0.4) is 0 Å². The van der Waals surface area contributed by atoms with E-state index in [1.165, 1.54) is 6.92 Å². The van der Waals surface area contributed by atoms with Gasteiger partial charge in [0.05, 0.1) is 6.04 Å².